The second kappa shape index (κ2) is 6.98. The van der Waals surface area contributed by atoms with Crippen LogP contribution in [0.25, 0.3) is 0 Å². The van der Waals surface area contributed by atoms with Crippen LogP contribution in [-0.4, -0.2) is 10.6 Å². The van der Waals surface area contributed by atoms with Gasteiger partial charge in [-0.2, -0.15) is 0 Å². The zero-order valence-corrected chi connectivity index (χ0v) is 12.1. The molecule has 2 aromatic heterocycles. The first-order valence-electron chi connectivity index (χ1n) is 7.18. The van der Waals surface area contributed by atoms with Crippen molar-refractivity contribution in [3.63, 3.8) is 0 Å². The molecule has 20 heavy (non-hydrogen) atoms. The van der Waals surface area contributed by atoms with Crippen LogP contribution in [0.15, 0.2) is 45.9 Å². The highest BCUT2D eigenvalue weighted by Crippen LogP contribution is 2.11. The van der Waals surface area contributed by atoms with Gasteiger partial charge in [-0.15, -0.1) is 0 Å². The van der Waals surface area contributed by atoms with Crippen LogP contribution in [0, 0.1) is 0 Å². The smallest absolute Gasteiger partial charge is 0.250 e. The molecular formula is C16H22N2O2. The van der Waals surface area contributed by atoms with Crippen molar-refractivity contribution in [3.8, 4) is 0 Å². The third-order valence-electron chi connectivity index (χ3n) is 3.26. The Morgan fingerprint density at radius 3 is 2.90 bits per heavy atom. The van der Waals surface area contributed by atoms with Gasteiger partial charge in [0, 0.05) is 31.3 Å². The molecule has 4 nitrogen and oxygen atoms in total. The van der Waals surface area contributed by atoms with Gasteiger partial charge in [-0.1, -0.05) is 6.92 Å². The first-order valence-corrected chi connectivity index (χ1v) is 7.18. The minimum Gasteiger partial charge on any atom is -0.469 e. The molecule has 1 atom stereocenters. The quantitative estimate of drug-likeness (QED) is 0.842. The molecule has 2 heterocycles. The van der Waals surface area contributed by atoms with Crippen molar-refractivity contribution >= 4 is 5.69 Å². The lowest BCUT2D eigenvalue weighted by Gasteiger charge is -2.15. The molecule has 0 aliphatic carbocycles. The third kappa shape index (κ3) is 4.02. The van der Waals surface area contributed by atoms with Crippen LogP contribution < -0.4 is 10.9 Å². The molecule has 0 aromatic carbocycles. The Labute approximate surface area is 119 Å². The van der Waals surface area contributed by atoms with Crippen LogP contribution in [0.1, 0.15) is 32.4 Å². The van der Waals surface area contributed by atoms with Crippen molar-refractivity contribution in [2.75, 3.05) is 5.32 Å². The zero-order valence-electron chi connectivity index (χ0n) is 12.1. The average Bonchev–Trinajstić information content (AvgIpc) is 2.94. The monoisotopic (exact) mass is 274 g/mol. The van der Waals surface area contributed by atoms with E-state index in [1.54, 1.807) is 16.9 Å². The number of rotatable bonds is 7. The summed E-state index contributed by atoms with van der Waals surface area (Å²) in [6.07, 6.45) is 6.46. The van der Waals surface area contributed by atoms with Gasteiger partial charge in [0.25, 0.3) is 5.56 Å². The van der Waals surface area contributed by atoms with Crippen molar-refractivity contribution in [2.45, 2.75) is 45.7 Å². The van der Waals surface area contributed by atoms with Gasteiger partial charge in [0.2, 0.25) is 0 Å². The van der Waals surface area contributed by atoms with Gasteiger partial charge in [0.05, 0.1) is 12.0 Å². The first kappa shape index (κ1) is 14.4. The summed E-state index contributed by atoms with van der Waals surface area (Å²) in [7, 11) is 0. The molecule has 0 spiro atoms. The molecule has 2 aromatic rings. The Hall–Kier alpha value is -1.97. The molecule has 0 radical (unpaired) electrons. The van der Waals surface area contributed by atoms with Crippen molar-refractivity contribution in [3.05, 3.63) is 52.8 Å². The fraction of sp³-hybridized carbons (Fsp3) is 0.438. The summed E-state index contributed by atoms with van der Waals surface area (Å²) in [5.41, 5.74) is 1.05. The fourth-order valence-electron chi connectivity index (χ4n) is 2.20. The number of anilines is 1. The van der Waals surface area contributed by atoms with Crippen molar-refractivity contribution in [1.82, 2.24) is 4.57 Å². The maximum Gasteiger partial charge on any atom is 0.250 e. The third-order valence-corrected chi connectivity index (χ3v) is 3.26. The number of hydrogen-bond acceptors (Lipinski definition) is 3. The highest BCUT2D eigenvalue weighted by molar-refractivity contribution is 5.41. The second-order valence-electron chi connectivity index (χ2n) is 5.11. The lowest BCUT2D eigenvalue weighted by atomic mass is 10.1. The maximum atomic E-state index is 11.7. The van der Waals surface area contributed by atoms with E-state index in [0.29, 0.717) is 6.04 Å². The minimum absolute atomic E-state index is 0.0561. The number of nitrogens with one attached hydrogen (secondary N) is 1. The number of aromatic nitrogens is 1. The predicted octanol–water partition coefficient (Wildman–Crippen LogP) is 3.28. The van der Waals surface area contributed by atoms with Crippen LogP contribution in [0.3, 0.4) is 0 Å². The van der Waals surface area contributed by atoms with Gasteiger partial charge in [-0.25, -0.2) is 0 Å². The number of hydrogen-bond donors (Lipinski definition) is 1. The van der Waals surface area contributed by atoms with E-state index >= 15 is 0 Å². The van der Waals surface area contributed by atoms with E-state index < -0.39 is 0 Å². The summed E-state index contributed by atoms with van der Waals surface area (Å²) in [6.45, 7) is 4.96. The SMILES string of the molecule is CCCn1cc(NC(C)CCc2ccco2)ccc1=O. The van der Waals surface area contributed by atoms with Gasteiger partial charge in [0.15, 0.2) is 0 Å². The summed E-state index contributed by atoms with van der Waals surface area (Å²) in [6, 6.07) is 7.70. The second-order valence-corrected chi connectivity index (χ2v) is 5.11. The van der Waals surface area contributed by atoms with Gasteiger partial charge in [-0.3, -0.25) is 4.79 Å². The van der Waals surface area contributed by atoms with E-state index in [1.165, 1.54) is 0 Å². The highest BCUT2D eigenvalue weighted by atomic mass is 16.3. The summed E-state index contributed by atoms with van der Waals surface area (Å²) < 4.78 is 7.08. The van der Waals surface area contributed by atoms with Crippen LogP contribution in [-0.2, 0) is 13.0 Å². The number of pyridine rings is 1. The first-order chi connectivity index (χ1) is 9.69. The largest absolute Gasteiger partial charge is 0.469 e. The van der Waals surface area contributed by atoms with Gasteiger partial charge in [-0.05, 0) is 38.0 Å². The molecule has 2 rings (SSSR count). The van der Waals surface area contributed by atoms with Crippen molar-refractivity contribution in [2.24, 2.45) is 0 Å². The van der Waals surface area contributed by atoms with Gasteiger partial charge < -0.3 is 14.3 Å². The molecule has 0 aliphatic rings. The summed E-state index contributed by atoms with van der Waals surface area (Å²) in [5.74, 6) is 1.01. The predicted molar refractivity (Wildman–Crippen MR) is 81.1 cm³/mol. The van der Waals surface area contributed by atoms with E-state index in [1.807, 2.05) is 24.4 Å². The molecule has 0 aliphatic heterocycles. The van der Waals surface area contributed by atoms with E-state index in [-0.39, 0.29) is 5.56 Å². The Morgan fingerprint density at radius 2 is 2.20 bits per heavy atom. The average molecular weight is 274 g/mol. The van der Waals surface area contributed by atoms with Crippen molar-refractivity contribution < 1.29 is 4.42 Å². The molecule has 0 saturated heterocycles. The number of aryl methyl sites for hydroxylation is 2. The van der Waals surface area contributed by atoms with E-state index in [4.69, 9.17) is 4.42 Å². The number of nitrogens with zero attached hydrogens (tertiary/aromatic N) is 1. The van der Waals surface area contributed by atoms with Gasteiger partial charge in [0.1, 0.15) is 5.76 Å². The van der Waals surface area contributed by atoms with Crippen LogP contribution in [0.5, 0.6) is 0 Å². The molecular weight excluding hydrogens is 252 g/mol. The fourth-order valence-corrected chi connectivity index (χ4v) is 2.20. The molecule has 1 unspecified atom stereocenters. The Bertz CT molecular complexity index is 572. The number of furan rings is 1. The lowest BCUT2D eigenvalue weighted by molar-refractivity contribution is 0.495. The van der Waals surface area contributed by atoms with Crippen molar-refractivity contribution in [1.29, 1.82) is 0 Å². The molecule has 4 heteroatoms. The highest BCUT2D eigenvalue weighted by Gasteiger charge is 2.05. The van der Waals surface area contributed by atoms with Gasteiger partial charge >= 0.3 is 0 Å². The standard InChI is InChI=1S/C16H22N2O2/c1-3-10-18-12-14(7-9-16(18)19)17-13(2)6-8-15-5-4-11-20-15/h4-5,7,9,11-13,17H,3,6,8,10H2,1-2H3. The molecule has 0 saturated carbocycles. The molecule has 1 N–H and O–H groups in total. The molecule has 0 bridgehead atoms. The Morgan fingerprint density at radius 1 is 1.35 bits per heavy atom. The van der Waals surface area contributed by atoms with E-state index in [9.17, 15) is 4.79 Å². The maximum absolute atomic E-state index is 11.7. The molecule has 0 fully saturated rings. The lowest BCUT2D eigenvalue weighted by Crippen LogP contribution is -2.21. The zero-order chi connectivity index (χ0) is 14.4. The minimum atomic E-state index is 0.0561. The Kier molecular flexibility index (Phi) is 5.04. The Balaban J connectivity index is 1.91. The van der Waals surface area contributed by atoms with E-state index in [0.717, 1.165) is 37.3 Å². The summed E-state index contributed by atoms with van der Waals surface area (Å²) in [4.78, 5) is 11.7. The molecule has 0 amide bonds. The van der Waals surface area contributed by atoms with E-state index in [2.05, 4.69) is 19.2 Å². The van der Waals surface area contributed by atoms with Crippen LogP contribution in [0.2, 0.25) is 0 Å². The van der Waals surface area contributed by atoms with Crippen LogP contribution in [0.4, 0.5) is 5.69 Å². The summed E-state index contributed by atoms with van der Waals surface area (Å²) >= 11 is 0. The summed E-state index contributed by atoms with van der Waals surface area (Å²) in [5, 5.41) is 3.43. The normalized spacial score (nSPS) is 12.3. The topological polar surface area (TPSA) is 47.2 Å². The van der Waals surface area contributed by atoms with Crippen LogP contribution >= 0.6 is 0 Å². The molecule has 108 valence electrons.